The van der Waals surface area contributed by atoms with Gasteiger partial charge in [-0.15, -0.1) is 0 Å². The number of hydrogen-bond acceptors (Lipinski definition) is 4. The Kier molecular flexibility index (Phi) is 7.35. The normalized spacial score (nSPS) is 12.6. The maximum Gasteiger partial charge on any atom is 0.236 e. The molecule has 4 N–H and O–H groups in total. The van der Waals surface area contributed by atoms with Crippen molar-refractivity contribution in [3.63, 3.8) is 0 Å². The fourth-order valence-corrected chi connectivity index (χ4v) is 1.43. The molecule has 0 spiro atoms. The number of carbonyl (C=O) groups excluding carboxylic acids is 1. The highest BCUT2D eigenvalue weighted by atomic mass is 16.4. The summed E-state index contributed by atoms with van der Waals surface area (Å²) in [5, 5.41) is 14.8. The molecule has 0 aliphatic heterocycles. The molecule has 0 fully saturated rings. The Morgan fingerprint density at radius 3 is 2.50 bits per heavy atom. The molecule has 0 aromatic carbocycles. The van der Waals surface area contributed by atoms with Crippen molar-refractivity contribution in [3.8, 4) is 0 Å². The van der Waals surface area contributed by atoms with Crippen molar-refractivity contribution < 1.29 is 10.0 Å². The van der Waals surface area contributed by atoms with Crippen LogP contribution in [0.5, 0.6) is 0 Å². The molecule has 0 aromatic heterocycles. The fraction of sp³-hybridized carbons (Fsp3) is 0.833. The Labute approximate surface area is 109 Å². The molecule has 0 radical (unpaired) electrons. The number of rotatable bonds is 8. The third-order valence-electron chi connectivity index (χ3n) is 2.98. The second-order valence-corrected chi connectivity index (χ2v) is 5.29. The van der Waals surface area contributed by atoms with Gasteiger partial charge in [-0.05, 0) is 19.4 Å². The first-order chi connectivity index (χ1) is 8.31. The van der Waals surface area contributed by atoms with Gasteiger partial charge in [0.2, 0.25) is 5.91 Å². The molecule has 0 atom stereocenters. The van der Waals surface area contributed by atoms with Crippen LogP contribution in [0.25, 0.3) is 0 Å². The van der Waals surface area contributed by atoms with Crippen LogP contribution in [0.15, 0.2) is 5.16 Å². The first kappa shape index (κ1) is 16.7. The van der Waals surface area contributed by atoms with Crippen LogP contribution < -0.4 is 11.1 Å². The predicted molar refractivity (Wildman–Crippen MR) is 72.6 cm³/mol. The van der Waals surface area contributed by atoms with E-state index in [9.17, 15) is 4.79 Å². The van der Waals surface area contributed by atoms with E-state index in [0.717, 1.165) is 25.8 Å². The fourth-order valence-electron chi connectivity index (χ4n) is 1.43. The number of nitrogens with one attached hydrogen (secondary N) is 1. The molecule has 0 aliphatic carbocycles. The maximum atomic E-state index is 11.3. The van der Waals surface area contributed by atoms with Gasteiger partial charge in [-0.1, -0.05) is 25.4 Å². The van der Waals surface area contributed by atoms with E-state index in [0.29, 0.717) is 6.54 Å². The van der Waals surface area contributed by atoms with Crippen molar-refractivity contribution in [1.82, 2.24) is 10.2 Å². The Balaban J connectivity index is 3.66. The highest BCUT2D eigenvalue weighted by molar-refractivity contribution is 5.85. The lowest BCUT2D eigenvalue weighted by atomic mass is 9.86. The lowest BCUT2D eigenvalue weighted by molar-refractivity contribution is -0.127. The largest absolute Gasteiger partial charge is 0.409 e. The van der Waals surface area contributed by atoms with E-state index >= 15 is 0 Å². The minimum atomic E-state index is -0.284. The molecule has 106 valence electrons. The summed E-state index contributed by atoms with van der Waals surface area (Å²) >= 11 is 0. The molecule has 1 amide bonds. The van der Waals surface area contributed by atoms with Gasteiger partial charge in [-0.2, -0.15) is 0 Å². The van der Waals surface area contributed by atoms with Crippen molar-refractivity contribution in [3.05, 3.63) is 0 Å². The van der Waals surface area contributed by atoms with E-state index in [1.807, 2.05) is 13.8 Å². The number of amidine groups is 1. The Morgan fingerprint density at radius 1 is 1.39 bits per heavy atom. The second kappa shape index (κ2) is 7.92. The summed E-state index contributed by atoms with van der Waals surface area (Å²) in [6, 6.07) is 0. The molecule has 18 heavy (non-hydrogen) atoms. The Hall–Kier alpha value is -1.30. The van der Waals surface area contributed by atoms with E-state index in [-0.39, 0.29) is 17.2 Å². The number of nitrogens with two attached hydrogens (primary N) is 1. The van der Waals surface area contributed by atoms with Crippen LogP contribution in [0, 0.1) is 5.41 Å². The lowest BCUT2D eigenvalue weighted by Crippen LogP contribution is -2.34. The molecule has 0 saturated carbocycles. The smallest absolute Gasteiger partial charge is 0.236 e. The third-order valence-corrected chi connectivity index (χ3v) is 2.98. The van der Waals surface area contributed by atoms with Crippen LogP contribution in [0.3, 0.4) is 0 Å². The maximum absolute atomic E-state index is 11.3. The zero-order chi connectivity index (χ0) is 14.2. The Bertz CT molecular complexity index is 288. The quantitative estimate of drug-likeness (QED) is 0.195. The monoisotopic (exact) mass is 258 g/mol. The van der Waals surface area contributed by atoms with Gasteiger partial charge >= 0.3 is 0 Å². The summed E-state index contributed by atoms with van der Waals surface area (Å²) in [5.41, 5.74) is 5.32. The van der Waals surface area contributed by atoms with E-state index < -0.39 is 0 Å². The molecule has 0 heterocycles. The van der Waals surface area contributed by atoms with Crippen molar-refractivity contribution in [2.75, 3.05) is 27.2 Å². The van der Waals surface area contributed by atoms with E-state index in [2.05, 4.69) is 10.5 Å². The molecule has 6 nitrogen and oxygen atoms in total. The van der Waals surface area contributed by atoms with E-state index in [1.165, 1.54) is 0 Å². The lowest BCUT2D eigenvalue weighted by Gasteiger charge is -2.22. The summed E-state index contributed by atoms with van der Waals surface area (Å²) in [5.74, 6) is 0.338. The average Bonchev–Trinajstić information content (AvgIpc) is 2.31. The van der Waals surface area contributed by atoms with Gasteiger partial charge in [0.15, 0.2) is 0 Å². The highest BCUT2D eigenvalue weighted by Gasteiger charge is 2.22. The second-order valence-electron chi connectivity index (χ2n) is 5.29. The third kappa shape index (κ3) is 6.44. The van der Waals surface area contributed by atoms with Gasteiger partial charge in [-0.25, -0.2) is 0 Å². The predicted octanol–water partition coefficient (Wildman–Crippen LogP) is 0.607. The summed E-state index contributed by atoms with van der Waals surface area (Å²) in [7, 11) is 3.48. The van der Waals surface area contributed by atoms with Crippen molar-refractivity contribution >= 4 is 11.7 Å². The van der Waals surface area contributed by atoms with Crippen LogP contribution in [0.2, 0.25) is 0 Å². The molecular formula is C12H26N4O2. The number of unbranched alkanes of at least 4 members (excludes halogenated alkanes) is 1. The average molecular weight is 258 g/mol. The van der Waals surface area contributed by atoms with Crippen LogP contribution in [0.4, 0.5) is 0 Å². The van der Waals surface area contributed by atoms with Gasteiger partial charge in [-0.3, -0.25) is 4.79 Å². The van der Waals surface area contributed by atoms with Gasteiger partial charge in [0, 0.05) is 19.5 Å². The number of oxime groups is 1. The number of carbonyl (C=O) groups is 1. The molecule has 0 unspecified atom stereocenters. The number of amides is 1. The first-order valence-electron chi connectivity index (χ1n) is 6.20. The van der Waals surface area contributed by atoms with Gasteiger partial charge < -0.3 is 21.2 Å². The molecule has 0 bridgehead atoms. The van der Waals surface area contributed by atoms with Crippen molar-refractivity contribution in [2.45, 2.75) is 33.1 Å². The van der Waals surface area contributed by atoms with Crippen LogP contribution in [0.1, 0.15) is 33.1 Å². The molecule has 0 saturated heterocycles. The molecule has 0 aliphatic rings. The summed E-state index contributed by atoms with van der Waals surface area (Å²) < 4.78 is 0. The first-order valence-corrected chi connectivity index (χ1v) is 6.20. The highest BCUT2D eigenvalue weighted by Crippen LogP contribution is 2.22. The van der Waals surface area contributed by atoms with E-state index in [4.69, 9.17) is 10.9 Å². The minimum Gasteiger partial charge on any atom is -0.409 e. The molecular weight excluding hydrogens is 232 g/mol. The van der Waals surface area contributed by atoms with Crippen LogP contribution in [-0.4, -0.2) is 49.0 Å². The van der Waals surface area contributed by atoms with Crippen molar-refractivity contribution in [1.29, 1.82) is 0 Å². The molecule has 0 aromatic rings. The Morgan fingerprint density at radius 2 is 2.00 bits per heavy atom. The summed E-state index contributed by atoms with van der Waals surface area (Å²) in [4.78, 5) is 12.8. The van der Waals surface area contributed by atoms with Gasteiger partial charge in [0.1, 0.15) is 5.84 Å². The summed E-state index contributed by atoms with van der Waals surface area (Å²) in [6.07, 6.45) is 2.78. The molecule has 6 heteroatoms. The van der Waals surface area contributed by atoms with Gasteiger partial charge in [0.05, 0.1) is 6.54 Å². The zero-order valence-corrected chi connectivity index (χ0v) is 11.9. The van der Waals surface area contributed by atoms with Crippen LogP contribution in [-0.2, 0) is 4.79 Å². The van der Waals surface area contributed by atoms with Crippen LogP contribution >= 0.6 is 0 Å². The minimum absolute atomic E-state index is 0.0759. The van der Waals surface area contributed by atoms with Gasteiger partial charge in [0.25, 0.3) is 0 Å². The topological polar surface area (TPSA) is 91.0 Å². The number of hydrogen-bond donors (Lipinski definition) is 3. The SMILES string of the molecule is CN(C)C(=O)CNCCCCC(C)(C)C(N)=NO. The molecule has 0 rings (SSSR count). The van der Waals surface area contributed by atoms with E-state index in [1.54, 1.807) is 19.0 Å². The number of nitrogens with zero attached hydrogens (tertiary/aromatic N) is 2. The zero-order valence-electron chi connectivity index (χ0n) is 11.9. The van der Waals surface area contributed by atoms with Crippen molar-refractivity contribution in [2.24, 2.45) is 16.3 Å². The summed E-state index contributed by atoms with van der Waals surface area (Å²) in [6.45, 7) is 5.07. The number of likely N-dealkylation sites (N-methyl/N-ethyl adjacent to an activating group) is 1. The standard InChI is InChI=1S/C12H26N4O2/c1-12(2,11(13)15-18)7-5-6-8-14-9-10(17)16(3)4/h14,18H,5-9H2,1-4H3,(H2,13,15).